The molecule has 1 fully saturated rings. The van der Waals surface area contributed by atoms with Crippen molar-refractivity contribution >= 4 is 17.7 Å². The molecule has 0 saturated carbocycles. The summed E-state index contributed by atoms with van der Waals surface area (Å²) in [6, 6.07) is 7.93. The van der Waals surface area contributed by atoms with Crippen LogP contribution in [-0.2, 0) is 6.42 Å². The normalized spacial score (nSPS) is 22.9. The van der Waals surface area contributed by atoms with E-state index in [1.807, 2.05) is 23.9 Å². The van der Waals surface area contributed by atoms with Crippen LogP contribution in [0.2, 0.25) is 0 Å². The van der Waals surface area contributed by atoms with Gasteiger partial charge in [-0.2, -0.15) is 11.8 Å². The van der Waals surface area contributed by atoms with Gasteiger partial charge in [-0.3, -0.25) is 0 Å². The monoisotopic (exact) mass is 279 g/mol. The molecule has 1 saturated heterocycles. The minimum Gasteiger partial charge on any atom is -0.478 e. The van der Waals surface area contributed by atoms with Crippen LogP contribution in [-0.4, -0.2) is 46.6 Å². The maximum absolute atomic E-state index is 11.2. The van der Waals surface area contributed by atoms with E-state index < -0.39 is 5.97 Å². The van der Waals surface area contributed by atoms with Gasteiger partial charge in [0.25, 0.3) is 0 Å². The first kappa shape index (κ1) is 14.4. The molecule has 2 unspecified atom stereocenters. The zero-order valence-electron chi connectivity index (χ0n) is 11.5. The summed E-state index contributed by atoms with van der Waals surface area (Å²) in [6.07, 6.45) is 2.04. The fraction of sp³-hybridized carbons (Fsp3) is 0.533. The van der Waals surface area contributed by atoms with Crippen LogP contribution >= 0.6 is 11.8 Å². The second-order valence-electron chi connectivity index (χ2n) is 5.12. The van der Waals surface area contributed by atoms with Crippen molar-refractivity contribution in [2.24, 2.45) is 0 Å². The molecule has 104 valence electrons. The van der Waals surface area contributed by atoms with Gasteiger partial charge in [-0.25, -0.2) is 4.79 Å². The maximum atomic E-state index is 11.2. The van der Waals surface area contributed by atoms with Crippen molar-refractivity contribution in [3.8, 4) is 0 Å². The van der Waals surface area contributed by atoms with E-state index in [4.69, 9.17) is 5.11 Å². The van der Waals surface area contributed by atoms with Crippen molar-refractivity contribution in [3.05, 3.63) is 35.4 Å². The molecule has 0 aromatic heterocycles. The Balaban J connectivity index is 1.97. The Kier molecular flexibility index (Phi) is 4.88. The third-order valence-electron chi connectivity index (χ3n) is 3.88. The summed E-state index contributed by atoms with van der Waals surface area (Å²) in [6.45, 7) is 3.20. The average molecular weight is 279 g/mol. The highest BCUT2D eigenvalue weighted by Crippen LogP contribution is 2.29. The first-order valence-electron chi connectivity index (χ1n) is 6.72. The Labute approximate surface area is 119 Å². The van der Waals surface area contributed by atoms with Gasteiger partial charge in [-0.15, -0.1) is 0 Å². The molecule has 4 heteroatoms. The lowest BCUT2D eigenvalue weighted by Gasteiger charge is -2.27. The van der Waals surface area contributed by atoms with Crippen molar-refractivity contribution in [2.45, 2.75) is 31.1 Å². The van der Waals surface area contributed by atoms with Crippen molar-refractivity contribution < 1.29 is 9.90 Å². The molecule has 1 aromatic rings. The second kappa shape index (κ2) is 6.44. The van der Waals surface area contributed by atoms with Crippen LogP contribution in [0.3, 0.4) is 0 Å². The standard InChI is InChI=1S/C15H21NO2S/c1-11-14(8-10-19-11)16(2)9-7-12-5-3-4-6-13(12)15(17)18/h3-6,11,14H,7-10H2,1-2H3,(H,17,18). The second-order valence-corrected chi connectivity index (χ2v) is 6.61. The lowest BCUT2D eigenvalue weighted by molar-refractivity contribution is 0.0695. The van der Waals surface area contributed by atoms with Crippen LogP contribution < -0.4 is 0 Å². The van der Waals surface area contributed by atoms with Crippen molar-refractivity contribution in [1.29, 1.82) is 0 Å². The van der Waals surface area contributed by atoms with Gasteiger partial charge in [-0.05, 0) is 37.3 Å². The molecule has 0 bridgehead atoms. The van der Waals surface area contributed by atoms with Gasteiger partial charge in [0, 0.05) is 17.8 Å². The van der Waals surface area contributed by atoms with E-state index in [0.717, 1.165) is 18.5 Å². The number of nitrogens with zero attached hydrogens (tertiary/aromatic N) is 1. The van der Waals surface area contributed by atoms with Crippen molar-refractivity contribution in [3.63, 3.8) is 0 Å². The van der Waals surface area contributed by atoms with E-state index in [9.17, 15) is 4.79 Å². The van der Waals surface area contributed by atoms with Gasteiger partial charge in [0.2, 0.25) is 0 Å². The lowest BCUT2D eigenvalue weighted by atomic mass is 10.0. The predicted octanol–water partition coefficient (Wildman–Crippen LogP) is 2.75. The van der Waals surface area contributed by atoms with Gasteiger partial charge in [0.1, 0.15) is 0 Å². The molecule has 0 radical (unpaired) electrons. The molecular formula is C15H21NO2S. The first-order valence-corrected chi connectivity index (χ1v) is 7.77. The van der Waals surface area contributed by atoms with E-state index >= 15 is 0 Å². The number of carbonyl (C=O) groups is 1. The van der Waals surface area contributed by atoms with Crippen LogP contribution in [0.4, 0.5) is 0 Å². The van der Waals surface area contributed by atoms with E-state index in [-0.39, 0.29) is 0 Å². The minimum absolute atomic E-state index is 0.435. The number of hydrogen-bond donors (Lipinski definition) is 1. The zero-order valence-corrected chi connectivity index (χ0v) is 12.3. The van der Waals surface area contributed by atoms with Crippen LogP contribution in [0.1, 0.15) is 29.3 Å². The Morgan fingerprint density at radius 1 is 1.47 bits per heavy atom. The number of carboxylic acids is 1. The SMILES string of the molecule is CC1SCCC1N(C)CCc1ccccc1C(=O)O. The number of benzene rings is 1. The van der Waals surface area contributed by atoms with Crippen LogP contribution in [0, 0.1) is 0 Å². The third-order valence-corrected chi connectivity index (χ3v) is 5.20. The highest BCUT2D eigenvalue weighted by Gasteiger charge is 2.27. The number of thioether (sulfide) groups is 1. The number of hydrogen-bond acceptors (Lipinski definition) is 3. The average Bonchev–Trinajstić information content (AvgIpc) is 2.82. The van der Waals surface area contributed by atoms with Crippen LogP contribution in [0.5, 0.6) is 0 Å². The number of aromatic carboxylic acids is 1. The molecular weight excluding hydrogens is 258 g/mol. The predicted molar refractivity (Wildman–Crippen MR) is 80.1 cm³/mol. The van der Waals surface area contributed by atoms with Gasteiger partial charge in [-0.1, -0.05) is 25.1 Å². The Morgan fingerprint density at radius 3 is 2.84 bits per heavy atom. The first-order chi connectivity index (χ1) is 9.09. The molecule has 0 aliphatic carbocycles. The van der Waals surface area contributed by atoms with Crippen LogP contribution in [0.25, 0.3) is 0 Å². The smallest absolute Gasteiger partial charge is 0.335 e. The van der Waals surface area contributed by atoms with Crippen molar-refractivity contribution in [1.82, 2.24) is 4.90 Å². The lowest BCUT2D eigenvalue weighted by Crippen LogP contribution is -2.37. The summed E-state index contributed by atoms with van der Waals surface area (Å²) in [7, 11) is 2.15. The molecule has 1 heterocycles. The molecule has 1 N–H and O–H groups in total. The summed E-state index contributed by atoms with van der Waals surface area (Å²) in [5.74, 6) is 0.407. The van der Waals surface area contributed by atoms with Gasteiger partial charge in [0.05, 0.1) is 5.56 Å². The Hall–Kier alpha value is -1.00. The molecule has 19 heavy (non-hydrogen) atoms. The maximum Gasteiger partial charge on any atom is 0.335 e. The molecule has 0 spiro atoms. The summed E-state index contributed by atoms with van der Waals surface area (Å²) in [4.78, 5) is 13.5. The van der Waals surface area contributed by atoms with E-state index in [2.05, 4.69) is 18.9 Å². The van der Waals surface area contributed by atoms with Gasteiger partial charge in [0.15, 0.2) is 0 Å². The van der Waals surface area contributed by atoms with E-state index in [0.29, 0.717) is 16.9 Å². The summed E-state index contributed by atoms with van der Waals surface area (Å²) in [5, 5.41) is 9.85. The summed E-state index contributed by atoms with van der Waals surface area (Å²) < 4.78 is 0. The third kappa shape index (κ3) is 3.51. The molecule has 2 rings (SSSR count). The quantitative estimate of drug-likeness (QED) is 0.900. The fourth-order valence-electron chi connectivity index (χ4n) is 2.71. The van der Waals surface area contributed by atoms with Crippen molar-refractivity contribution in [2.75, 3.05) is 19.3 Å². The topological polar surface area (TPSA) is 40.5 Å². The van der Waals surface area contributed by atoms with E-state index in [1.54, 1.807) is 12.1 Å². The molecule has 1 aliphatic rings. The number of likely N-dealkylation sites (N-methyl/N-ethyl adjacent to an activating group) is 1. The Bertz CT molecular complexity index is 450. The molecule has 3 nitrogen and oxygen atoms in total. The Morgan fingerprint density at radius 2 is 2.21 bits per heavy atom. The van der Waals surface area contributed by atoms with E-state index in [1.165, 1.54) is 12.2 Å². The highest BCUT2D eigenvalue weighted by atomic mass is 32.2. The fourth-order valence-corrected chi connectivity index (χ4v) is 4.02. The van der Waals surface area contributed by atoms with Gasteiger partial charge < -0.3 is 10.0 Å². The molecule has 0 amide bonds. The largest absolute Gasteiger partial charge is 0.478 e. The number of rotatable bonds is 5. The van der Waals surface area contributed by atoms with Crippen LogP contribution in [0.15, 0.2) is 24.3 Å². The molecule has 1 aliphatic heterocycles. The molecule has 2 atom stereocenters. The minimum atomic E-state index is -0.831. The zero-order chi connectivity index (χ0) is 13.8. The molecule has 1 aromatic carbocycles. The number of carboxylic acid groups (broad SMARTS) is 1. The van der Waals surface area contributed by atoms with Gasteiger partial charge >= 0.3 is 5.97 Å². The summed E-state index contributed by atoms with van der Waals surface area (Å²) >= 11 is 2.03. The summed E-state index contributed by atoms with van der Waals surface area (Å²) in [5.41, 5.74) is 1.37. The highest BCUT2D eigenvalue weighted by molar-refractivity contribution is 8.00.